The highest BCUT2D eigenvalue weighted by Gasteiger charge is 2.42. The standard InChI is InChI=1S/C21H28N2O7/c1-7-29-19(24)15-12(3)22-18(21(27-5)28-6)17(20(25)30-8-2)16(15)14-10-9-11-23(26)13(14)4/h9-11,16,21-22H,7-8H2,1-6H3. The van der Waals surface area contributed by atoms with Gasteiger partial charge in [0, 0.05) is 38.5 Å². The third-order valence-corrected chi connectivity index (χ3v) is 4.80. The molecule has 0 amide bonds. The van der Waals surface area contributed by atoms with Gasteiger partial charge in [0.15, 0.2) is 18.2 Å². The average Bonchev–Trinajstić information content (AvgIpc) is 2.70. The van der Waals surface area contributed by atoms with Crippen LogP contribution in [-0.2, 0) is 28.5 Å². The van der Waals surface area contributed by atoms with Crippen LogP contribution in [-0.4, -0.2) is 45.7 Å². The molecule has 1 aromatic rings. The SMILES string of the molecule is CCOC(=O)C1=C(C)NC(C(OC)OC)=C(C(=O)OCC)C1c1ccc[n+]([O-])c1C. The number of pyridine rings is 1. The highest BCUT2D eigenvalue weighted by Crippen LogP contribution is 2.41. The summed E-state index contributed by atoms with van der Waals surface area (Å²) < 4.78 is 22.0. The van der Waals surface area contributed by atoms with Crippen LogP contribution in [0, 0.1) is 12.1 Å². The van der Waals surface area contributed by atoms with Crippen molar-refractivity contribution in [3.63, 3.8) is 0 Å². The first-order valence-electron chi connectivity index (χ1n) is 9.62. The number of nitrogens with zero attached hydrogens (tertiary/aromatic N) is 1. The quantitative estimate of drug-likeness (QED) is 0.292. The Morgan fingerprint density at radius 1 is 1.10 bits per heavy atom. The van der Waals surface area contributed by atoms with Crippen molar-refractivity contribution >= 4 is 11.9 Å². The van der Waals surface area contributed by atoms with Gasteiger partial charge in [-0.15, -0.1) is 0 Å². The van der Waals surface area contributed by atoms with Crippen LogP contribution in [0.1, 0.15) is 37.9 Å². The second kappa shape index (κ2) is 10.2. The van der Waals surface area contributed by atoms with E-state index in [1.54, 1.807) is 39.8 Å². The number of dihydropyridines is 1. The molecule has 0 spiro atoms. The minimum absolute atomic E-state index is 0.119. The van der Waals surface area contributed by atoms with E-state index in [1.807, 2.05) is 0 Å². The van der Waals surface area contributed by atoms with Gasteiger partial charge in [0.05, 0.1) is 36.0 Å². The van der Waals surface area contributed by atoms with Crippen LogP contribution >= 0.6 is 0 Å². The fourth-order valence-electron chi connectivity index (χ4n) is 3.49. The van der Waals surface area contributed by atoms with Crippen LogP contribution < -0.4 is 10.0 Å². The molecule has 1 aliphatic heterocycles. The number of rotatable bonds is 8. The summed E-state index contributed by atoms with van der Waals surface area (Å²) >= 11 is 0. The number of hydrogen-bond acceptors (Lipinski definition) is 8. The molecule has 1 unspecified atom stereocenters. The van der Waals surface area contributed by atoms with Gasteiger partial charge < -0.3 is 29.5 Å². The Bertz CT molecular complexity index is 872. The zero-order valence-electron chi connectivity index (χ0n) is 18.1. The Balaban J connectivity index is 2.86. The molecule has 1 atom stereocenters. The summed E-state index contributed by atoms with van der Waals surface area (Å²) in [6.07, 6.45) is 0.427. The van der Waals surface area contributed by atoms with Crippen LogP contribution in [0.4, 0.5) is 0 Å². The minimum Gasteiger partial charge on any atom is -0.619 e. The molecule has 9 heteroatoms. The summed E-state index contributed by atoms with van der Waals surface area (Å²) in [5.74, 6) is -2.16. The zero-order valence-corrected chi connectivity index (χ0v) is 18.1. The van der Waals surface area contributed by atoms with E-state index in [-0.39, 0.29) is 24.4 Å². The lowest BCUT2D eigenvalue weighted by atomic mass is 9.79. The van der Waals surface area contributed by atoms with Crippen molar-refractivity contribution in [3.8, 4) is 0 Å². The molecule has 0 radical (unpaired) electrons. The van der Waals surface area contributed by atoms with Crippen molar-refractivity contribution in [1.29, 1.82) is 0 Å². The maximum atomic E-state index is 13.1. The lowest BCUT2D eigenvalue weighted by Crippen LogP contribution is -2.40. The number of aromatic nitrogens is 1. The second-order valence-corrected chi connectivity index (χ2v) is 6.54. The van der Waals surface area contributed by atoms with E-state index in [0.717, 1.165) is 0 Å². The molecular weight excluding hydrogens is 392 g/mol. The number of esters is 2. The number of ether oxygens (including phenoxy) is 4. The van der Waals surface area contributed by atoms with Crippen LogP contribution in [0.25, 0.3) is 0 Å². The number of carbonyl (C=O) groups excluding carboxylic acids is 2. The zero-order chi connectivity index (χ0) is 22.4. The van der Waals surface area contributed by atoms with E-state index in [9.17, 15) is 14.8 Å². The molecule has 0 fully saturated rings. The van der Waals surface area contributed by atoms with Crippen molar-refractivity contribution < 1.29 is 33.3 Å². The lowest BCUT2D eigenvalue weighted by Gasteiger charge is -2.33. The molecule has 1 N–H and O–H groups in total. The molecule has 0 aliphatic carbocycles. The summed E-state index contributed by atoms with van der Waals surface area (Å²) in [6.45, 7) is 6.96. The van der Waals surface area contributed by atoms with Gasteiger partial charge in [-0.1, -0.05) is 0 Å². The van der Waals surface area contributed by atoms with Gasteiger partial charge in [0.1, 0.15) is 0 Å². The van der Waals surface area contributed by atoms with Gasteiger partial charge in [-0.25, -0.2) is 9.59 Å². The van der Waals surface area contributed by atoms with Crippen molar-refractivity contribution in [2.75, 3.05) is 27.4 Å². The van der Waals surface area contributed by atoms with E-state index in [4.69, 9.17) is 18.9 Å². The van der Waals surface area contributed by atoms with Gasteiger partial charge >= 0.3 is 11.9 Å². The third-order valence-electron chi connectivity index (χ3n) is 4.80. The molecule has 2 rings (SSSR count). The maximum Gasteiger partial charge on any atom is 0.336 e. The highest BCUT2D eigenvalue weighted by atomic mass is 16.7. The van der Waals surface area contributed by atoms with Crippen LogP contribution in [0.5, 0.6) is 0 Å². The van der Waals surface area contributed by atoms with E-state index in [1.165, 1.54) is 20.4 Å². The Kier molecular flexibility index (Phi) is 7.96. The number of methoxy groups -OCH3 is 2. The molecule has 1 aliphatic rings. The number of allylic oxidation sites excluding steroid dienone is 1. The van der Waals surface area contributed by atoms with Crippen molar-refractivity contribution in [3.05, 3.63) is 57.3 Å². The molecule has 1 aromatic heterocycles. The lowest BCUT2D eigenvalue weighted by molar-refractivity contribution is -0.612. The second-order valence-electron chi connectivity index (χ2n) is 6.54. The van der Waals surface area contributed by atoms with E-state index >= 15 is 0 Å². The first-order chi connectivity index (χ1) is 14.3. The first-order valence-corrected chi connectivity index (χ1v) is 9.62. The predicted octanol–water partition coefficient (Wildman–Crippen LogP) is 1.59. The summed E-state index contributed by atoms with van der Waals surface area (Å²) in [7, 11) is 2.86. The fourth-order valence-corrected chi connectivity index (χ4v) is 3.49. The maximum absolute atomic E-state index is 13.1. The van der Waals surface area contributed by atoms with Gasteiger partial charge in [-0.05, 0) is 26.8 Å². The Hall–Kier alpha value is -2.91. The summed E-state index contributed by atoms with van der Waals surface area (Å²) in [5.41, 5.74) is 1.91. The fraction of sp³-hybridized carbons (Fsp3) is 0.476. The molecule has 9 nitrogen and oxygen atoms in total. The number of carbonyl (C=O) groups is 2. The number of nitrogens with one attached hydrogen (secondary N) is 1. The monoisotopic (exact) mass is 420 g/mol. The highest BCUT2D eigenvalue weighted by molar-refractivity contribution is 6.00. The van der Waals surface area contributed by atoms with Gasteiger partial charge in [-0.2, -0.15) is 4.73 Å². The van der Waals surface area contributed by atoms with E-state index in [2.05, 4.69) is 5.32 Å². The normalized spacial score (nSPS) is 16.6. The number of hydrogen-bond donors (Lipinski definition) is 1. The van der Waals surface area contributed by atoms with Crippen LogP contribution in [0.15, 0.2) is 40.9 Å². The molecular formula is C21H28N2O7. The Labute approximate surface area is 175 Å². The summed E-state index contributed by atoms with van der Waals surface area (Å²) in [6, 6.07) is 3.25. The van der Waals surface area contributed by atoms with E-state index < -0.39 is 24.1 Å². The van der Waals surface area contributed by atoms with Gasteiger partial charge in [-0.3, -0.25) is 0 Å². The molecule has 164 valence electrons. The average molecular weight is 420 g/mol. The van der Waals surface area contributed by atoms with Crippen molar-refractivity contribution in [1.82, 2.24) is 5.32 Å². The smallest absolute Gasteiger partial charge is 0.336 e. The van der Waals surface area contributed by atoms with Crippen LogP contribution in [0.3, 0.4) is 0 Å². The minimum atomic E-state index is -0.922. The Morgan fingerprint density at radius 3 is 2.20 bits per heavy atom. The molecule has 2 heterocycles. The van der Waals surface area contributed by atoms with Crippen molar-refractivity contribution in [2.45, 2.75) is 39.9 Å². The molecule has 0 saturated heterocycles. The van der Waals surface area contributed by atoms with Gasteiger partial charge in [0.2, 0.25) is 0 Å². The summed E-state index contributed by atoms with van der Waals surface area (Å²) in [4.78, 5) is 26.0. The largest absolute Gasteiger partial charge is 0.619 e. The van der Waals surface area contributed by atoms with Gasteiger partial charge in [0.25, 0.3) is 0 Å². The van der Waals surface area contributed by atoms with Crippen molar-refractivity contribution in [2.24, 2.45) is 0 Å². The van der Waals surface area contributed by atoms with Crippen LogP contribution in [0.2, 0.25) is 0 Å². The third kappa shape index (κ3) is 4.47. The Morgan fingerprint density at radius 2 is 1.67 bits per heavy atom. The molecule has 0 bridgehead atoms. The first kappa shape index (κ1) is 23.4. The molecule has 30 heavy (non-hydrogen) atoms. The van der Waals surface area contributed by atoms with E-state index in [0.29, 0.717) is 27.4 Å². The molecule has 0 saturated carbocycles. The topological polar surface area (TPSA) is 110 Å². The predicted molar refractivity (Wildman–Crippen MR) is 107 cm³/mol. The summed E-state index contributed by atoms with van der Waals surface area (Å²) in [5, 5.41) is 15.3. The molecule has 0 aromatic carbocycles.